The van der Waals surface area contributed by atoms with E-state index in [-0.39, 0.29) is 0 Å². The Balaban J connectivity index is 0.000000245. The second-order valence-corrected chi connectivity index (χ2v) is 6.69. The summed E-state index contributed by atoms with van der Waals surface area (Å²) in [4.78, 5) is 34.2. The number of amides is 1. The van der Waals surface area contributed by atoms with E-state index in [4.69, 9.17) is 32.2 Å². The Morgan fingerprint density at radius 1 is 1.03 bits per heavy atom. The Kier molecular flexibility index (Phi) is 8.90. The van der Waals surface area contributed by atoms with Gasteiger partial charge < -0.3 is 27.4 Å². The summed E-state index contributed by atoms with van der Waals surface area (Å²) in [6, 6.07) is 12.9. The Labute approximate surface area is 176 Å². The third kappa shape index (κ3) is 8.28. The van der Waals surface area contributed by atoms with E-state index in [2.05, 4.69) is 4.98 Å². The molecule has 1 atom stereocenters. The normalized spacial score (nSPS) is 11.4. The molecule has 1 aromatic heterocycles. The zero-order valence-electron chi connectivity index (χ0n) is 15.5. The Morgan fingerprint density at radius 3 is 2.03 bits per heavy atom. The molecule has 0 aliphatic carbocycles. The maximum atomic E-state index is 10.8. The van der Waals surface area contributed by atoms with Crippen molar-refractivity contribution in [3.8, 4) is 0 Å². The van der Waals surface area contributed by atoms with Crippen molar-refractivity contribution in [2.75, 3.05) is 5.73 Å². The fourth-order valence-corrected chi connectivity index (χ4v) is 2.67. The van der Waals surface area contributed by atoms with Crippen LogP contribution in [0.3, 0.4) is 0 Å². The average Bonchev–Trinajstić information content (AvgIpc) is 3.07. The molecule has 3 rings (SSSR count). The number of nitrogens with two attached hydrogens (primary N) is 3. The highest BCUT2D eigenvalue weighted by atomic mass is 32.1. The number of aliphatic carboxylic acids is 2. The predicted octanol–water partition coefficient (Wildman–Crippen LogP) is 2.38. The highest BCUT2D eigenvalue weighted by Crippen LogP contribution is 2.24. The number of nitrogens with zero attached hydrogens (tertiary/aromatic N) is 1. The number of halogens is 3. The second kappa shape index (κ2) is 10.9. The Morgan fingerprint density at radius 2 is 1.58 bits per heavy atom. The van der Waals surface area contributed by atoms with Gasteiger partial charge in [-0.15, -0.1) is 0 Å². The third-order valence-electron chi connectivity index (χ3n) is 3.36. The van der Waals surface area contributed by atoms with Crippen molar-refractivity contribution in [3.63, 3.8) is 0 Å². The first kappa shape index (κ1) is 25.3. The number of fused-ring (bicyclic) bond motifs is 1. The average molecular weight is 458 g/mol. The largest absolute Gasteiger partial charge is 0.490 e. The van der Waals surface area contributed by atoms with Crippen LogP contribution in [-0.2, 0) is 9.59 Å². The van der Waals surface area contributed by atoms with Crippen LogP contribution in [0.1, 0.15) is 22.0 Å². The van der Waals surface area contributed by atoms with E-state index >= 15 is 0 Å². The highest BCUT2D eigenvalue weighted by Gasteiger charge is 2.38. The summed E-state index contributed by atoms with van der Waals surface area (Å²) in [6.07, 6.45) is -5.08. The van der Waals surface area contributed by atoms with Crippen molar-refractivity contribution in [1.82, 2.24) is 4.98 Å². The molecule has 13 heteroatoms. The van der Waals surface area contributed by atoms with Crippen molar-refractivity contribution >= 4 is 44.5 Å². The lowest BCUT2D eigenvalue weighted by molar-refractivity contribution is -0.192. The highest BCUT2D eigenvalue weighted by molar-refractivity contribution is 7.22. The topological polar surface area (TPSA) is 183 Å². The molecule has 0 saturated heterocycles. The molecule has 2 aromatic carbocycles. The van der Waals surface area contributed by atoms with Gasteiger partial charge in [0.2, 0.25) is 5.91 Å². The maximum Gasteiger partial charge on any atom is 0.490 e. The molecule has 0 bridgehead atoms. The van der Waals surface area contributed by atoms with E-state index < -0.39 is 30.1 Å². The monoisotopic (exact) mass is 458 g/mol. The molecule has 1 heterocycles. The van der Waals surface area contributed by atoms with Gasteiger partial charge in [-0.1, -0.05) is 41.7 Å². The van der Waals surface area contributed by atoms with Crippen molar-refractivity contribution in [3.05, 3.63) is 59.7 Å². The molecule has 0 aliphatic rings. The molecule has 0 aliphatic heterocycles. The van der Waals surface area contributed by atoms with Crippen LogP contribution in [-0.4, -0.2) is 39.2 Å². The van der Waals surface area contributed by atoms with E-state index in [9.17, 15) is 22.8 Å². The zero-order chi connectivity index (χ0) is 23.8. The van der Waals surface area contributed by atoms with E-state index in [1.165, 1.54) is 11.3 Å². The minimum atomic E-state index is -5.08. The molecule has 0 saturated carbocycles. The van der Waals surface area contributed by atoms with Crippen molar-refractivity contribution in [1.29, 1.82) is 0 Å². The zero-order valence-corrected chi connectivity index (χ0v) is 16.4. The summed E-state index contributed by atoms with van der Waals surface area (Å²) in [7, 11) is 0. The number of hydrogen-bond acceptors (Lipinski definition) is 7. The molecule has 3 aromatic rings. The number of benzene rings is 2. The van der Waals surface area contributed by atoms with Crippen LogP contribution < -0.4 is 17.2 Å². The van der Waals surface area contributed by atoms with Gasteiger partial charge in [-0.2, -0.15) is 13.2 Å². The lowest BCUT2D eigenvalue weighted by atomic mass is 10.1. The number of alkyl halides is 3. The second-order valence-electron chi connectivity index (χ2n) is 5.63. The molecular weight excluding hydrogens is 441 g/mol. The van der Waals surface area contributed by atoms with Gasteiger partial charge >= 0.3 is 18.1 Å². The van der Waals surface area contributed by atoms with Crippen LogP contribution in [0.2, 0.25) is 0 Å². The Hall–Kier alpha value is -3.71. The van der Waals surface area contributed by atoms with Crippen LogP contribution in [0.4, 0.5) is 18.3 Å². The molecule has 0 spiro atoms. The first-order valence-corrected chi connectivity index (χ1v) is 8.94. The van der Waals surface area contributed by atoms with Gasteiger partial charge in [0.25, 0.3) is 0 Å². The van der Waals surface area contributed by atoms with E-state index in [0.29, 0.717) is 16.3 Å². The number of nitrogen functional groups attached to an aromatic ring is 1. The molecule has 8 N–H and O–H groups in total. The first-order valence-electron chi connectivity index (χ1n) is 8.12. The Bertz CT molecular complexity index is 1060. The van der Waals surface area contributed by atoms with Crippen molar-refractivity contribution in [2.45, 2.75) is 12.2 Å². The van der Waals surface area contributed by atoms with Gasteiger partial charge in [0, 0.05) is 5.56 Å². The fraction of sp³-hybridized carbons (Fsp3) is 0.111. The van der Waals surface area contributed by atoms with Crippen LogP contribution in [0.25, 0.3) is 10.2 Å². The van der Waals surface area contributed by atoms with E-state index in [1.807, 2.05) is 6.07 Å². The SMILES string of the molecule is NC(=O)c1ccc2nc(N)sc2c1.N[C@@H](C(=O)O)c1ccccc1.O=C(O)C(F)(F)F. The summed E-state index contributed by atoms with van der Waals surface area (Å²) >= 11 is 1.34. The summed E-state index contributed by atoms with van der Waals surface area (Å²) in [6.45, 7) is 0. The minimum absolute atomic E-state index is 0.436. The summed E-state index contributed by atoms with van der Waals surface area (Å²) in [5.41, 5.74) is 17.9. The number of anilines is 1. The van der Waals surface area contributed by atoms with Crippen molar-refractivity contribution < 1.29 is 37.8 Å². The number of carboxylic acids is 2. The summed E-state index contributed by atoms with van der Waals surface area (Å²) in [5, 5.41) is 16.1. The van der Waals surface area contributed by atoms with Gasteiger partial charge in [-0.05, 0) is 23.8 Å². The van der Waals surface area contributed by atoms with Gasteiger partial charge in [0.05, 0.1) is 10.2 Å². The molecule has 31 heavy (non-hydrogen) atoms. The lowest BCUT2D eigenvalue weighted by Gasteiger charge is -2.04. The van der Waals surface area contributed by atoms with Crippen LogP contribution >= 0.6 is 11.3 Å². The summed E-state index contributed by atoms with van der Waals surface area (Å²) < 4.78 is 32.6. The van der Waals surface area contributed by atoms with Crippen LogP contribution in [0, 0.1) is 0 Å². The minimum Gasteiger partial charge on any atom is -0.480 e. The molecule has 9 nitrogen and oxygen atoms in total. The number of carbonyl (C=O) groups excluding carboxylic acids is 1. The van der Waals surface area contributed by atoms with Gasteiger partial charge in [0.1, 0.15) is 6.04 Å². The number of primary amides is 1. The fourth-order valence-electron chi connectivity index (χ4n) is 1.90. The van der Waals surface area contributed by atoms with Crippen LogP contribution in [0.5, 0.6) is 0 Å². The first-order chi connectivity index (χ1) is 14.3. The van der Waals surface area contributed by atoms with Gasteiger partial charge in [0.15, 0.2) is 5.13 Å². The molecule has 0 radical (unpaired) electrons. The molecule has 0 unspecified atom stereocenters. The summed E-state index contributed by atoms with van der Waals surface area (Å²) in [5.74, 6) is -4.20. The molecule has 1 amide bonds. The van der Waals surface area contributed by atoms with E-state index in [1.54, 1.807) is 42.5 Å². The van der Waals surface area contributed by atoms with Crippen molar-refractivity contribution in [2.24, 2.45) is 11.5 Å². The smallest absolute Gasteiger partial charge is 0.480 e. The number of thiazole rings is 1. The quantitative estimate of drug-likeness (QED) is 0.396. The number of carbonyl (C=O) groups is 3. The molecular formula is C18H17F3N4O5S. The lowest BCUT2D eigenvalue weighted by Crippen LogP contribution is -2.21. The number of hydrogen-bond donors (Lipinski definition) is 5. The van der Waals surface area contributed by atoms with Crippen LogP contribution in [0.15, 0.2) is 48.5 Å². The third-order valence-corrected chi connectivity index (χ3v) is 4.20. The maximum absolute atomic E-state index is 10.8. The standard InChI is InChI=1S/C8H7N3OS.C8H9NO2.C2HF3O2/c9-7(12)4-1-2-5-6(3-4)13-8(10)11-5;9-7(8(10)11)6-4-2-1-3-5-6;3-2(4,5)1(6)7/h1-3H,(H2,9,12)(H2,10,11);1-5,7H,9H2,(H,10,11);(H,6,7)/t;7-;/m.1./s1. The van der Waals surface area contributed by atoms with E-state index in [0.717, 1.165) is 10.2 Å². The van der Waals surface area contributed by atoms with Gasteiger partial charge in [-0.25, -0.2) is 9.78 Å². The molecule has 166 valence electrons. The number of aromatic nitrogens is 1. The number of carboxylic acid groups (broad SMARTS) is 2. The molecule has 0 fully saturated rings. The number of rotatable bonds is 3. The van der Waals surface area contributed by atoms with Gasteiger partial charge in [-0.3, -0.25) is 9.59 Å². The predicted molar refractivity (Wildman–Crippen MR) is 107 cm³/mol.